The Morgan fingerprint density at radius 3 is 2.53 bits per heavy atom. The highest BCUT2D eigenvalue weighted by molar-refractivity contribution is 9.08. The van der Waals surface area contributed by atoms with Gasteiger partial charge in [0.2, 0.25) is 0 Å². The summed E-state index contributed by atoms with van der Waals surface area (Å²) in [6, 6.07) is 13.7. The number of halogens is 1. The molecule has 0 aliphatic rings. The second-order valence-corrected chi connectivity index (χ2v) is 4.84. The molecule has 0 fully saturated rings. The van der Waals surface area contributed by atoms with E-state index in [9.17, 15) is 4.79 Å². The molecule has 2 aromatic rings. The van der Waals surface area contributed by atoms with Gasteiger partial charge in [0.05, 0.1) is 12.7 Å². The van der Waals surface area contributed by atoms with Gasteiger partial charge >= 0.3 is 5.97 Å². The number of hydrogen-bond donors (Lipinski definition) is 0. The van der Waals surface area contributed by atoms with Crippen LogP contribution in [-0.2, 0) is 10.1 Å². The van der Waals surface area contributed by atoms with Gasteiger partial charge in [0.25, 0.3) is 0 Å². The number of hydrogen-bond acceptors (Lipinski definition) is 2. The monoisotopic (exact) mass is 318 g/mol. The Morgan fingerprint density at radius 2 is 1.89 bits per heavy atom. The summed E-state index contributed by atoms with van der Waals surface area (Å²) >= 11 is 3.48. The van der Waals surface area contributed by atoms with E-state index in [1.54, 1.807) is 6.07 Å². The Kier molecular flexibility index (Phi) is 4.38. The Hall–Kier alpha value is -1.61. The third-order valence-corrected chi connectivity index (χ3v) is 3.72. The van der Waals surface area contributed by atoms with Crippen LogP contribution in [0.5, 0.6) is 0 Å². The molecule has 0 bridgehead atoms. The van der Waals surface area contributed by atoms with Gasteiger partial charge in [0.15, 0.2) is 0 Å². The zero-order chi connectivity index (χ0) is 13.8. The SMILES string of the molecule is COC(=O)c1cccc(CBr)c1-c1ccccc1C. The molecule has 0 saturated carbocycles. The van der Waals surface area contributed by atoms with Gasteiger partial charge in [0, 0.05) is 10.9 Å². The molecular weight excluding hydrogens is 304 g/mol. The summed E-state index contributed by atoms with van der Waals surface area (Å²) in [7, 11) is 1.41. The number of ether oxygens (including phenoxy) is 1. The van der Waals surface area contributed by atoms with E-state index in [2.05, 4.69) is 15.9 Å². The molecule has 0 atom stereocenters. The number of alkyl halides is 1. The van der Waals surface area contributed by atoms with Crippen LogP contribution < -0.4 is 0 Å². The van der Waals surface area contributed by atoms with E-state index in [0.29, 0.717) is 10.9 Å². The minimum atomic E-state index is -0.305. The maximum Gasteiger partial charge on any atom is 0.338 e. The normalized spacial score (nSPS) is 10.3. The third-order valence-electron chi connectivity index (χ3n) is 3.11. The van der Waals surface area contributed by atoms with Gasteiger partial charge in [-0.05, 0) is 29.7 Å². The first-order chi connectivity index (χ1) is 9.19. The molecule has 0 aliphatic carbocycles. The molecule has 0 aromatic heterocycles. The van der Waals surface area contributed by atoms with E-state index in [4.69, 9.17) is 4.74 Å². The fraction of sp³-hybridized carbons (Fsp3) is 0.188. The largest absolute Gasteiger partial charge is 0.465 e. The van der Waals surface area contributed by atoms with Crippen LogP contribution in [0.1, 0.15) is 21.5 Å². The van der Waals surface area contributed by atoms with Crippen molar-refractivity contribution in [3.63, 3.8) is 0 Å². The smallest absolute Gasteiger partial charge is 0.338 e. The van der Waals surface area contributed by atoms with Crippen molar-refractivity contribution in [3.8, 4) is 11.1 Å². The van der Waals surface area contributed by atoms with Crippen molar-refractivity contribution < 1.29 is 9.53 Å². The van der Waals surface area contributed by atoms with Crippen molar-refractivity contribution in [2.24, 2.45) is 0 Å². The minimum absolute atomic E-state index is 0.305. The van der Waals surface area contributed by atoms with E-state index in [-0.39, 0.29) is 5.97 Å². The van der Waals surface area contributed by atoms with Gasteiger partial charge in [-0.15, -0.1) is 0 Å². The molecule has 0 saturated heterocycles. The molecule has 0 radical (unpaired) electrons. The maximum atomic E-state index is 11.9. The van der Waals surface area contributed by atoms with Crippen molar-refractivity contribution in [2.75, 3.05) is 7.11 Å². The second kappa shape index (κ2) is 6.02. The summed E-state index contributed by atoms with van der Waals surface area (Å²) in [5.41, 5.74) is 4.84. The number of methoxy groups -OCH3 is 1. The lowest BCUT2D eigenvalue weighted by molar-refractivity contribution is 0.0601. The zero-order valence-corrected chi connectivity index (χ0v) is 12.5. The standard InChI is InChI=1S/C16H15BrO2/c1-11-6-3-4-8-13(11)15-12(10-17)7-5-9-14(15)16(18)19-2/h3-9H,10H2,1-2H3. The van der Waals surface area contributed by atoms with Crippen LogP contribution in [0.15, 0.2) is 42.5 Å². The average Bonchev–Trinajstić information content (AvgIpc) is 2.46. The second-order valence-electron chi connectivity index (χ2n) is 4.28. The fourth-order valence-electron chi connectivity index (χ4n) is 2.16. The highest BCUT2D eigenvalue weighted by Crippen LogP contribution is 2.32. The lowest BCUT2D eigenvalue weighted by atomic mass is 9.92. The number of carbonyl (C=O) groups is 1. The van der Waals surface area contributed by atoms with Crippen molar-refractivity contribution >= 4 is 21.9 Å². The van der Waals surface area contributed by atoms with Crippen molar-refractivity contribution in [1.82, 2.24) is 0 Å². The summed E-state index contributed by atoms with van der Waals surface area (Å²) < 4.78 is 4.88. The van der Waals surface area contributed by atoms with Crippen molar-refractivity contribution in [1.29, 1.82) is 0 Å². The van der Waals surface area contributed by atoms with Gasteiger partial charge in [-0.2, -0.15) is 0 Å². The molecule has 2 aromatic carbocycles. The van der Waals surface area contributed by atoms with E-state index >= 15 is 0 Å². The highest BCUT2D eigenvalue weighted by atomic mass is 79.9. The molecule has 98 valence electrons. The Morgan fingerprint density at radius 1 is 1.16 bits per heavy atom. The molecule has 0 amide bonds. The quantitative estimate of drug-likeness (QED) is 0.621. The number of rotatable bonds is 3. The summed E-state index contributed by atoms with van der Waals surface area (Å²) in [4.78, 5) is 11.9. The third kappa shape index (κ3) is 2.71. The Balaban J connectivity index is 2.73. The molecule has 2 nitrogen and oxygen atoms in total. The van der Waals surface area contributed by atoms with Crippen LogP contribution in [-0.4, -0.2) is 13.1 Å². The predicted octanol–water partition coefficient (Wildman–Crippen LogP) is 4.34. The van der Waals surface area contributed by atoms with Crippen LogP contribution >= 0.6 is 15.9 Å². The van der Waals surface area contributed by atoms with Gasteiger partial charge < -0.3 is 4.74 Å². The van der Waals surface area contributed by atoms with Gasteiger partial charge in [0.1, 0.15) is 0 Å². The van der Waals surface area contributed by atoms with Crippen LogP contribution in [0, 0.1) is 6.92 Å². The predicted molar refractivity (Wildman–Crippen MR) is 80.6 cm³/mol. The molecule has 3 heteroatoms. The van der Waals surface area contributed by atoms with Crippen molar-refractivity contribution in [2.45, 2.75) is 12.3 Å². The molecule has 0 heterocycles. The maximum absolute atomic E-state index is 11.9. The zero-order valence-electron chi connectivity index (χ0n) is 10.9. The molecule has 19 heavy (non-hydrogen) atoms. The molecular formula is C16H15BrO2. The topological polar surface area (TPSA) is 26.3 Å². The summed E-state index contributed by atoms with van der Waals surface area (Å²) in [5, 5.41) is 0.696. The Labute approximate surface area is 121 Å². The van der Waals surface area contributed by atoms with Gasteiger partial charge in [-0.25, -0.2) is 4.79 Å². The van der Waals surface area contributed by atoms with E-state index in [1.165, 1.54) is 7.11 Å². The molecule has 0 unspecified atom stereocenters. The first kappa shape index (κ1) is 13.8. The van der Waals surface area contributed by atoms with Crippen LogP contribution in [0.25, 0.3) is 11.1 Å². The highest BCUT2D eigenvalue weighted by Gasteiger charge is 2.17. The van der Waals surface area contributed by atoms with E-state index in [0.717, 1.165) is 22.3 Å². The first-order valence-electron chi connectivity index (χ1n) is 6.01. The van der Waals surface area contributed by atoms with Crippen LogP contribution in [0.3, 0.4) is 0 Å². The van der Waals surface area contributed by atoms with Gasteiger partial charge in [-0.1, -0.05) is 52.3 Å². The number of benzene rings is 2. The average molecular weight is 319 g/mol. The number of esters is 1. The number of aryl methyl sites for hydroxylation is 1. The minimum Gasteiger partial charge on any atom is -0.465 e. The summed E-state index contributed by atoms with van der Waals surface area (Å²) in [6.07, 6.45) is 0. The van der Waals surface area contributed by atoms with E-state index in [1.807, 2.05) is 43.3 Å². The summed E-state index contributed by atoms with van der Waals surface area (Å²) in [5.74, 6) is -0.305. The summed E-state index contributed by atoms with van der Waals surface area (Å²) in [6.45, 7) is 2.04. The molecule has 0 N–H and O–H groups in total. The number of carbonyl (C=O) groups excluding carboxylic acids is 1. The lowest BCUT2D eigenvalue weighted by Gasteiger charge is -2.14. The Bertz CT molecular complexity index is 605. The van der Waals surface area contributed by atoms with Gasteiger partial charge in [-0.3, -0.25) is 0 Å². The van der Waals surface area contributed by atoms with Crippen molar-refractivity contribution in [3.05, 3.63) is 59.2 Å². The van der Waals surface area contributed by atoms with E-state index < -0.39 is 0 Å². The first-order valence-corrected chi connectivity index (χ1v) is 7.13. The molecule has 0 aliphatic heterocycles. The van der Waals surface area contributed by atoms with Crippen LogP contribution in [0.2, 0.25) is 0 Å². The van der Waals surface area contributed by atoms with Crippen LogP contribution in [0.4, 0.5) is 0 Å². The lowest BCUT2D eigenvalue weighted by Crippen LogP contribution is -2.05. The molecule has 2 rings (SSSR count). The fourth-order valence-corrected chi connectivity index (χ4v) is 2.63. The molecule has 0 spiro atoms.